The lowest BCUT2D eigenvalue weighted by atomic mass is 10.2. The summed E-state index contributed by atoms with van der Waals surface area (Å²) >= 11 is 0. The summed E-state index contributed by atoms with van der Waals surface area (Å²) in [7, 11) is 1.49. The summed E-state index contributed by atoms with van der Waals surface area (Å²) < 4.78 is 21.8. The van der Waals surface area contributed by atoms with Crippen LogP contribution < -0.4 is 24.3 Å². The molecule has 1 aliphatic rings. The van der Waals surface area contributed by atoms with Gasteiger partial charge in [-0.05, 0) is 37.3 Å². The number of ether oxygens (including phenoxy) is 4. The van der Waals surface area contributed by atoms with Crippen LogP contribution in [0.25, 0.3) is 0 Å². The Morgan fingerprint density at radius 2 is 1.88 bits per heavy atom. The van der Waals surface area contributed by atoms with Crippen molar-refractivity contribution >= 4 is 17.9 Å². The Bertz CT molecular complexity index is 820. The number of nitrogens with one attached hydrogen (secondary N) is 1. The number of anilines is 1. The lowest BCUT2D eigenvalue weighted by Crippen LogP contribution is -2.30. The maximum Gasteiger partial charge on any atom is 0.265 e. The van der Waals surface area contributed by atoms with Gasteiger partial charge in [0.25, 0.3) is 5.91 Å². The van der Waals surface area contributed by atoms with Crippen LogP contribution in [0, 0.1) is 0 Å². The Morgan fingerprint density at radius 1 is 1.12 bits per heavy atom. The molecular weight excluding hydrogens is 338 g/mol. The van der Waals surface area contributed by atoms with Crippen molar-refractivity contribution in [1.29, 1.82) is 0 Å². The Morgan fingerprint density at radius 3 is 2.62 bits per heavy atom. The molecule has 1 heterocycles. The summed E-state index contributed by atoms with van der Waals surface area (Å²) in [5, 5.41) is 2.77. The number of benzene rings is 2. The average molecular weight is 357 g/mol. The predicted molar refractivity (Wildman–Crippen MR) is 94.5 cm³/mol. The third kappa shape index (κ3) is 3.88. The van der Waals surface area contributed by atoms with E-state index in [1.807, 2.05) is 0 Å². The second-order valence-electron chi connectivity index (χ2n) is 5.64. The van der Waals surface area contributed by atoms with E-state index in [1.54, 1.807) is 37.3 Å². The van der Waals surface area contributed by atoms with Crippen LogP contribution in [0.3, 0.4) is 0 Å². The van der Waals surface area contributed by atoms with E-state index in [4.69, 9.17) is 18.9 Å². The standard InChI is InChI=1S/C19H19NO6/c1-12(26-18-9-13(11-21)3-5-15(18)23-2)19(22)20-14-4-6-16-17(10-14)25-8-7-24-16/h3-6,9-12H,7-8H2,1-2H3,(H,20,22)/t12-/m0/s1. The normalized spacial score (nSPS) is 13.5. The van der Waals surface area contributed by atoms with Gasteiger partial charge < -0.3 is 24.3 Å². The van der Waals surface area contributed by atoms with Crippen molar-refractivity contribution in [2.24, 2.45) is 0 Å². The highest BCUT2D eigenvalue weighted by Gasteiger charge is 2.19. The van der Waals surface area contributed by atoms with Gasteiger partial charge in [0, 0.05) is 17.3 Å². The van der Waals surface area contributed by atoms with Crippen molar-refractivity contribution in [2.75, 3.05) is 25.6 Å². The molecule has 1 atom stereocenters. The van der Waals surface area contributed by atoms with Crippen molar-refractivity contribution in [3.8, 4) is 23.0 Å². The molecule has 7 heteroatoms. The van der Waals surface area contributed by atoms with Gasteiger partial charge in [-0.1, -0.05) is 0 Å². The molecule has 1 N–H and O–H groups in total. The molecule has 0 unspecified atom stereocenters. The first-order valence-corrected chi connectivity index (χ1v) is 8.11. The van der Waals surface area contributed by atoms with Crippen LogP contribution in [0.4, 0.5) is 5.69 Å². The molecule has 136 valence electrons. The van der Waals surface area contributed by atoms with Crippen LogP contribution in [0.2, 0.25) is 0 Å². The van der Waals surface area contributed by atoms with E-state index in [0.29, 0.717) is 53.7 Å². The largest absolute Gasteiger partial charge is 0.493 e. The van der Waals surface area contributed by atoms with Crippen molar-refractivity contribution in [2.45, 2.75) is 13.0 Å². The number of carbonyl (C=O) groups is 2. The highest BCUT2D eigenvalue weighted by atomic mass is 16.6. The topological polar surface area (TPSA) is 83.1 Å². The Hall–Kier alpha value is -3.22. The summed E-state index contributed by atoms with van der Waals surface area (Å²) in [6.07, 6.45) is -0.106. The van der Waals surface area contributed by atoms with E-state index in [-0.39, 0.29) is 5.91 Å². The molecule has 0 radical (unpaired) electrons. The smallest absolute Gasteiger partial charge is 0.265 e. The number of aldehydes is 1. The number of hydrogen-bond donors (Lipinski definition) is 1. The summed E-state index contributed by atoms with van der Waals surface area (Å²) in [6, 6.07) is 9.92. The molecule has 7 nitrogen and oxygen atoms in total. The molecule has 26 heavy (non-hydrogen) atoms. The number of carbonyl (C=O) groups excluding carboxylic acids is 2. The summed E-state index contributed by atoms with van der Waals surface area (Å²) in [5.41, 5.74) is 1.00. The second-order valence-corrected chi connectivity index (χ2v) is 5.64. The minimum Gasteiger partial charge on any atom is -0.493 e. The van der Waals surface area contributed by atoms with Gasteiger partial charge in [-0.25, -0.2) is 0 Å². The highest BCUT2D eigenvalue weighted by molar-refractivity contribution is 5.94. The van der Waals surface area contributed by atoms with E-state index in [0.717, 1.165) is 0 Å². The summed E-state index contributed by atoms with van der Waals surface area (Å²) in [4.78, 5) is 23.4. The number of fused-ring (bicyclic) bond motifs is 1. The summed E-state index contributed by atoms with van der Waals surface area (Å²) in [5.74, 6) is 1.65. The predicted octanol–water partition coefficient (Wildman–Crippen LogP) is 2.68. The molecule has 0 aromatic heterocycles. The molecule has 3 rings (SSSR count). The second kappa shape index (κ2) is 7.77. The van der Waals surface area contributed by atoms with Crippen LogP contribution in [0.1, 0.15) is 17.3 Å². The van der Waals surface area contributed by atoms with Crippen LogP contribution >= 0.6 is 0 Å². The maximum atomic E-state index is 12.4. The van der Waals surface area contributed by atoms with Crippen molar-refractivity contribution in [3.63, 3.8) is 0 Å². The molecule has 0 bridgehead atoms. The Kier molecular flexibility index (Phi) is 5.26. The van der Waals surface area contributed by atoms with Crippen LogP contribution in [-0.2, 0) is 4.79 Å². The van der Waals surface area contributed by atoms with Gasteiger partial charge >= 0.3 is 0 Å². The molecule has 2 aromatic carbocycles. The monoisotopic (exact) mass is 357 g/mol. The zero-order valence-corrected chi connectivity index (χ0v) is 14.5. The number of amides is 1. The van der Waals surface area contributed by atoms with Crippen molar-refractivity contribution in [3.05, 3.63) is 42.0 Å². The molecule has 0 fully saturated rings. The summed E-state index contributed by atoms with van der Waals surface area (Å²) in [6.45, 7) is 2.59. The maximum absolute atomic E-state index is 12.4. The minimum absolute atomic E-state index is 0.321. The molecular formula is C19H19NO6. The SMILES string of the molecule is COc1ccc(C=O)cc1O[C@@H](C)C(=O)Nc1ccc2c(c1)OCCO2. The van der Waals surface area contributed by atoms with Gasteiger partial charge in [0.05, 0.1) is 7.11 Å². The van der Waals surface area contributed by atoms with E-state index in [2.05, 4.69) is 5.32 Å². The Balaban J connectivity index is 1.69. The van der Waals surface area contributed by atoms with Gasteiger partial charge in [0.15, 0.2) is 29.1 Å². The molecule has 1 aliphatic heterocycles. The molecule has 0 saturated carbocycles. The fourth-order valence-electron chi connectivity index (χ4n) is 2.47. The number of methoxy groups -OCH3 is 1. The zero-order chi connectivity index (χ0) is 18.5. The van der Waals surface area contributed by atoms with Crippen molar-refractivity contribution in [1.82, 2.24) is 0 Å². The first-order valence-electron chi connectivity index (χ1n) is 8.11. The van der Waals surface area contributed by atoms with Gasteiger partial charge in [-0.3, -0.25) is 9.59 Å². The first-order chi connectivity index (χ1) is 12.6. The molecule has 0 saturated heterocycles. The first kappa shape index (κ1) is 17.6. The van der Waals surface area contributed by atoms with Crippen LogP contribution in [0.5, 0.6) is 23.0 Å². The fourth-order valence-corrected chi connectivity index (χ4v) is 2.47. The van der Waals surface area contributed by atoms with E-state index >= 15 is 0 Å². The molecule has 2 aromatic rings. The molecule has 0 spiro atoms. The fraction of sp³-hybridized carbons (Fsp3) is 0.263. The zero-order valence-electron chi connectivity index (χ0n) is 14.5. The van der Waals surface area contributed by atoms with Gasteiger partial charge in [0.2, 0.25) is 0 Å². The minimum atomic E-state index is -0.806. The molecule has 1 amide bonds. The van der Waals surface area contributed by atoms with Crippen LogP contribution in [0.15, 0.2) is 36.4 Å². The quantitative estimate of drug-likeness (QED) is 0.801. The third-order valence-corrected chi connectivity index (χ3v) is 3.81. The lowest BCUT2D eigenvalue weighted by Gasteiger charge is -2.20. The number of hydrogen-bond acceptors (Lipinski definition) is 6. The molecule has 0 aliphatic carbocycles. The van der Waals surface area contributed by atoms with Gasteiger partial charge in [-0.15, -0.1) is 0 Å². The van der Waals surface area contributed by atoms with E-state index < -0.39 is 6.10 Å². The van der Waals surface area contributed by atoms with Gasteiger partial charge in [-0.2, -0.15) is 0 Å². The van der Waals surface area contributed by atoms with Gasteiger partial charge in [0.1, 0.15) is 19.5 Å². The third-order valence-electron chi connectivity index (χ3n) is 3.81. The highest BCUT2D eigenvalue weighted by Crippen LogP contribution is 2.33. The lowest BCUT2D eigenvalue weighted by molar-refractivity contribution is -0.122. The number of rotatable bonds is 6. The Labute approximate surface area is 150 Å². The van der Waals surface area contributed by atoms with Crippen molar-refractivity contribution < 1.29 is 28.5 Å². The van der Waals surface area contributed by atoms with Crippen LogP contribution in [-0.4, -0.2) is 38.6 Å². The van der Waals surface area contributed by atoms with E-state index in [9.17, 15) is 9.59 Å². The van der Waals surface area contributed by atoms with E-state index in [1.165, 1.54) is 13.2 Å². The average Bonchev–Trinajstić information content (AvgIpc) is 2.67.